The molecule has 0 aliphatic carbocycles. The van der Waals surface area contributed by atoms with Gasteiger partial charge >= 0.3 is 0 Å². The molecule has 2 aliphatic heterocycles. The number of carbonyl (C=O) groups is 1. The quantitative estimate of drug-likeness (QED) is 0.666. The minimum atomic E-state index is -0.113. The van der Waals surface area contributed by atoms with Gasteiger partial charge in [-0.05, 0) is 36.0 Å². The van der Waals surface area contributed by atoms with Gasteiger partial charge in [0.1, 0.15) is 11.9 Å². The van der Waals surface area contributed by atoms with E-state index in [9.17, 15) is 4.79 Å². The minimum Gasteiger partial charge on any atom is -0.336 e. The van der Waals surface area contributed by atoms with Crippen LogP contribution in [0.15, 0.2) is 54.6 Å². The van der Waals surface area contributed by atoms with Crippen LogP contribution >= 0.6 is 11.5 Å². The lowest BCUT2D eigenvalue weighted by atomic mass is 9.99. The van der Waals surface area contributed by atoms with E-state index < -0.39 is 0 Å². The third-order valence-corrected chi connectivity index (χ3v) is 6.68. The fourth-order valence-corrected chi connectivity index (χ4v) is 5.12. The number of hydrogen-bond acceptors (Lipinski definition) is 5. The average molecular weight is 405 g/mol. The molecule has 0 saturated carbocycles. The summed E-state index contributed by atoms with van der Waals surface area (Å²) in [6.07, 6.45) is 3.58. The highest BCUT2D eigenvalue weighted by atomic mass is 32.1. The highest BCUT2D eigenvalue weighted by Gasteiger charge is 2.36. The molecular weight excluding hydrogens is 380 g/mol. The van der Waals surface area contributed by atoms with Gasteiger partial charge in [0, 0.05) is 37.6 Å². The molecule has 0 spiro atoms. The monoisotopic (exact) mass is 404 g/mol. The van der Waals surface area contributed by atoms with Crippen molar-refractivity contribution < 1.29 is 4.79 Å². The van der Waals surface area contributed by atoms with Crippen LogP contribution in [-0.4, -0.2) is 39.3 Å². The van der Waals surface area contributed by atoms with Crippen molar-refractivity contribution in [3.63, 3.8) is 0 Å². The Balaban J connectivity index is 1.30. The van der Waals surface area contributed by atoms with Crippen molar-refractivity contribution in [3.8, 4) is 0 Å². The summed E-state index contributed by atoms with van der Waals surface area (Å²) in [5, 5.41) is 0.879. The van der Waals surface area contributed by atoms with Crippen molar-refractivity contribution in [2.45, 2.75) is 38.3 Å². The molecule has 1 unspecified atom stereocenters. The Morgan fingerprint density at radius 3 is 2.69 bits per heavy atom. The molecule has 0 radical (unpaired) electrons. The van der Waals surface area contributed by atoms with E-state index in [1.165, 1.54) is 28.2 Å². The highest BCUT2D eigenvalue weighted by molar-refractivity contribution is 7.09. The van der Waals surface area contributed by atoms with Crippen LogP contribution in [0.4, 0.5) is 5.13 Å². The van der Waals surface area contributed by atoms with E-state index >= 15 is 0 Å². The van der Waals surface area contributed by atoms with Crippen molar-refractivity contribution >= 4 is 22.6 Å². The van der Waals surface area contributed by atoms with Crippen LogP contribution in [-0.2, 0) is 24.2 Å². The summed E-state index contributed by atoms with van der Waals surface area (Å²) >= 11 is 1.42. The minimum absolute atomic E-state index is 0.113. The smallest absolute Gasteiger partial charge is 0.245 e. The first-order valence-corrected chi connectivity index (χ1v) is 11.0. The lowest BCUT2D eigenvalue weighted by Crippen LogP contribution is -2.47. The van der Waals surface area contributed by atoms with E-state index in [0.717, 1.165) is 49.7 Å². The molecular formula is C23H24N4OS. The summed E-state index contributed by atoms with van der Waals surface area (Å²) < 4.78 is 4.56. The highest BCUT2D eigenvalue weighted by Crippen LogP contribution is 2.30. The van der Waals surface area contributed by atoms with E-state index in [1.807, 2.05) is 23.1 Å². The maximum atomic E-state index is 13.3. The molecule has 2 aromatic carbocycles. The van der Waals surface area contributed by atoms with Crippen LogP contribution in [0.1, 0.15) is 35.4 Å². The number of fused-ring (bicyclic) bond motifs is 1. The maximum Gasteiger partial charge on any atom is 0.245 e. The van der Waals surface area contributed by atoms with E-state index in [4.69, 9.17) is 4.98 Å². The fourth-order valence-electron chi connectivity index (χ4n) is 4.36. The van der Waals surface area contributed by atoms with Crippen molar-refractivity contribution in [1.29, 1.82) is 0 Å². The van der Waals surface area contributed by atoms with E-state index in [1.54, 1.807) is 0 Å². The normalized spacial score (nSPS) is 18.7. The number of nitrogens with zero attached hydrogens (tertiary/aromatic N) is 4. The van der Waals surface area contributed by atoms with Crippen LogP contribution in [0.2, 0.25) is 0 Å². The molecule has 1 saturated heterocycles. The molecule has 0 bridgehead atoms. The second-order valence-corrected chi connectivity index (χ2v) is 8.52. The van der Waals surface area contributed by atoms with Gasteiger partial charge in [-0.25, -0.2) is 4.98 Å². The van der Waals surface area contributed by atoms with Gasteiger partial charge in [-0.1, -0.05) is 54.6 Å². The molecule has 1 amide bonds. The number of hydrogen-bond donors (Lipinski definition) is 0. The predicted octanol–water partition coefficient (Wildman–Crippen LogP) is 3.68. The average Bonchev–Trinajstić information content (AvgIpc) is 3.43. The van der Waals surface area contributed by atoms with Gasteiger partial charge in [-0.15, -0.1) is 0 Å². The van der Waals surface area contributed by atoms with Gasteiger partial charge in [0.25, 0.3) is 0 Å². The summed E-state index contributed by atoms with van der Waals surface area (Å²) in [5.74, 6) is 1.07. The summed E-state index contributed by atoms with van der Waals surface area (Å²) in [7, 11) is 0. The van der Waals surface area contributed by atoms with Gasteiger partial charge in [0.15, 0.2) is 0 Å². The molecule has 5 nitrogen and oxygen atoms in total. The number of amides is 1. The number of anilines is 1. The van der Waals surface area contributed by atoms with Gasteiger partial charge in [-0.3, -0.25) is 4.79 Å². The number of benzene rings is 2. The summed E-state index contributed by atoms with van der Waals surface area (Å²) in [4.78, 5) is 22.3. The largest absolute Gasteiger partial charge is 0.336 e. The third kappa shape index (κ3) is 3.77. The molecule has 6 heteroatoms. The Kier molecular flexibility index (Phi) is 5.02. The van der Waals surface area contributed by atoms with E-state index in [0.29, 0.717) is 6.54 Å². The van der Waals surface area contributed by atoms with Gasteiger partial charge in [0.05, 0.1) is 0 Å². The van der Waals surface area contributed by atoms with Crippen LogP contribution < -0.4 is 4.90 Å². The molecule has 1 fully saturated rings. The van der Waals surface area contributed by atoms with Crippen molar-refractivity contribution in [2.24, 2.45) is 0 Å². The number of rotatable bonds is 4. The standard InChI is InChI=1S/C23H24N4OS/c28-22(26-14-12-18-9-4-5-10-19(18)16-26)20-11-6-13-27(20)23-24-21(25-29-23)15-17-7-2-1-3-8-17/h1-5,7-10,20H,6,11-16H2. The van der Waals surface area contributed by atoms with Gasteiger partial charge < -0.3 is 9.80 Å². The lowest BCUT2D eigenvalue weighted by molar-refractivity contribution is -0.133. The zero-order valence-corrected chi connectivity index (χ0v) is 17.1. The summed E-state index contributed by atoms with van der Waals surface area (Å²) in [5.41, 5.74) is 3.85. The van der Waals surface area contributed by atoms with E-state index in [2.05, 4.69) is 45.7 Å². The van der Waals surface area contributed by atoms with Crippen molar-refractivity contribution in [1.82, 2.24) is 14.3 Å². The van der Waals surface area contributed by atoms with Gasteiger partial charge in [0.2, 0.25) is 11.0 Å². The topological polar surface area (TPSA) is 49.3 Å². The van der Waals surface area contributed by atoms with Crippen molar-refractivity contribution in [3.05, 3.63) is 77.1 Å². The summed E-state index contributed by atoms with van der Waals surface area (Å²) in [6.45, 7) is 2.39. The first-order chi connectivity index (χ1) is 14.3. The second-order valence-electron chi connectivity index (χ2n) is 7.79. The zero-order chi connectivity index (χ0) is 19.6. The lowest BCUT2D eigenvalue weighted by Gasteiger charge is -2.33. The Bertz CT molecular complexity index is 1000. The van der Waals surface area contributed by atoms with Crippen molar-refractivity contribution in [2.75, 3.05) is 18.0 Å². The van der Waals surface area contributed by atoms with Crippen LogP contribution in [0.25, 0.3) is 0 Å². The molecule has 1 atom stereocenters. The molecule has 2 aliphatic rings. The molecule has 29 heavy (non-hydrogen) atoms. The van der Waals surface area contributed by atoms with Crippen LogP contribution in [0, 0.1) is 0 Å². The Morgan fingerprint density at radius 2 is 1.83 bits per heavy atom. The Labute approximate surface area is 175 Å². The first-order valence-electron chi connectivity index (χ1n) is 10.3. The summed E-state index contributed by atoms with van der Waals surface area (Å²) in [6, 6.07) is 18.6. The first kappa shape index (κ1) is 18.3. The number of carbonyl (C=O) groups excluding carboxylic acids is 1. The SMILES string of the molecule is O=C(C1CCCN1c1nc(Cc2ccccc2)ns1)N1CCc2ccccc2C1. The zero-order valence-electron chi connectivity index (χ0n) is 16.3. The molecule has 5 rings (SSSR count). The maximum absolute atomic E-state index is 13.3. The molecule has 3 heterocycles. The molecule has 148 valence electrons. The fraction of sp³-hybridized carbons (Fsp3) is 0.348. The van der Waals surface area contributed by atoms with Crippen LogP contribution in [0.3, 0.4) is 0 Å². The Morgan fingerprint density at radius 1 is 1.03 bits per heavy atom. The van der Waals surface area contributed by atoms with Crippen LogP contribution in [0.5, 0.6) is 0 Å². The third-order valence-electron chi connectivity index (χ3n) is 5.89. The molecule has 1 aromatic heterocycles. The Hall–Kier alpha value is -2.73. The molecule has 0 N–H and O–H groups in total. The number of aromatic nitrogens is 2. The van der Waals surface area contributed by atoms with E-state index in [-0.39, 0.29) is 11.9 Å². The predicted molar refractivity (Wildman–Crippen MR) is 115 cm³/mol. The van der Waals surface area contributed by atoms with Gasteiger partial charge in [-0.2, -0.15) is 4.37 Å². The second kappa shape index (κ2) is 7.95. The molecule has 3 aromatic rings.